The van der Waals surface area contributed by atoms with Gasteiger partial charge in [-0.05, 0) is 80.4 Å². The van der Waals surface area contributed by atoms with E-state index in [1.54, 1.807) is 31.4 Å². The van der Waals surface area contributed by atoms with Gasteiger partial charge in [0, 0.05) is 47.6 Å². The normalized spacial score (nSPS) is 15.4. The van der Waals surface area contributed by atoms with Gasteiger partial charge in [-0.15, -0.1) is 0 Å². The molecule has 0 unspecified atom stereocenters. The van der Waals surface area contributed by atoms with Crippen molar-refractivity contribution in [2.24, 2.45) is 0 Å². The van der Waals surface area contributed by atoms with E-state index in [2.05, 4.69) is 27.3 Å². The molecule has 2 aliphatic rings. The largest absolute Gasteiger partial charge is 0.508 e. The number of amides is 2. The van der Waals surface area contributed by atoms with Crippen LogP contribution in [-0.2, 0) is 17.8 Å². The lowest BCUT2D eigenvalue weighted by Gasteiger charge is -2.23. The topological polar surface area (TPSA) is 105 Å². The number of nitrogens with one attached hydrogen (secondary N) is 2. The van der Waals surface area contributed by atoms with Crippen LogP contribution in [0.4, 0.5) is 0 Å². The fraction of sp³-hybridized carbons (Fsp3) is 0.405. The van der Waals surface area contributed by atoms with Gasteiger partial charge in [-0.1, -0.05) is 37.5 Å². The van der Waals surface area contributed by atoms with Crippen molar-refractivity contribution in [2.45, 2.75) is 57.0 Å². The predicted octanol–water partition coefficient (Wildman–Crippen LogP) is 5.48. The summed E-state index contributed by atoms with van der Waals surface area (Å²) in [6, 6.07) is 17.9. The second-order valence-corrected chi connectivity index (χ2v) is 12.7. The van der Waals surface area contributed by atoms with Crippen LogP contribution in [0.25, 0.3) is 22.2 Å². The van der Waals surface area contributed by atoms with Crippen LogP contribution >= 0.6 is 0 Å². The molecule has 1 aliphatic heterocycles. The van der Waals surface area contributed by atoms with E-state index >= 15 is 0 Å². The lowest BCUT2D eigenvalue weighted by molar-refractivity contribution is -0.123. The van der Waals surface area contributed by atoms with Crippen molar-refractivity contribution >= 4 is 22.7 Å². The number of methoxy groups -OCH3 is 1. The fourth-order valence-corrected chi connectivity index (χ4v) is 6.88. The number of fused-ring (bicyclic) bond motifs is 5. The molecule has 6 rings (SSSR count). The van der Waals surface area contributed by atoms with Crippen LogP contribution in [-0.4, -0.2) is 73.3 Å². The molecule has 9 heteroatoms. The highest BCUT2D eigenvalue weighted by molar-refractivity contribution is 6.02. The van der Waals surface area contributed by atoms with Crippen molar-refractivity contribution in [3.8, 4) is 28.5 Å². The molecule has 1 aromatic heterocycles. The summed E-state index contributed by atoms with van der Waals surface area (Å²) >= 11 is 0. The zero-order chi connectivity index (χ0) is 32.2. The molecule has 1 saturated carbocycles. The molecule has 2 amide bonds. The third kappa shape index (κ3) is 6.70. The summed E-state index contributed by atoms with van der Waals surface area (Å²) in [5.74, 6) is 1.60. The molecule has 3 N–H and O–H groups in total. The molecular weight excluding hydrogens is 580 g/mol. The second kappa shape index (κ2) is 13.9. The van der Waals surface area contributed by atoms with Gasteiger partial charge < -0.3 is 34.7 Å². The first-order valence-corrected chi connectivity index (χ1v) is 16.3. The Morgan fingerprint density at radius 2 is 1.83 bits per heavy atom. The number of benzene rings is 3. The van der Waals surface area contributed by atoms with Crippen molar-refractivity contribution in [1.82, 2.24) is 20.1 Å². The SMILES string of the molecule is COc1ccc2c(c1)OCCn1c-2c(C2CCCCC2)c2ccc(C(=O)N[C@@H](Cc3ccc(O)cc3)C(=O)NCCN(C)C)cc21. The number of carbonyl (C=O) groups is 2. The van der Waals surface area contributed by atoms with E-state index < -0.39 is 6.04 Å². The zero-order valence-corrected chi connectivity index (χ0v) is 27.0. The van der Waals surface area contributed by atoms with Crippen LogP contribution in [0.1, 0.15) is 59.5 Å². The third-order valence-corrected chi connectivity index (χ3v) is 9.25. The van der Waals surface area contributed by atoms with Gasteiger partial charge in [0.15, 0.2) is 0 Å². The number of phenolic OH excluding ortho intramolecular Hbond substituents is 1. The molecule has 0 bridgehead atoms. The number of hydrogen-bond donors (Lipinski definition) is 3. The summed E-state index contributed by atoms with van der Waals surface area (Å²) in [6.07, 6.45) is 6.27. The lowest BCUT2D eigenvalue weighted by Crippen LogP contribution is -2.49. The Bertz CT molecular complexity index is 1710. The molecule has 1 atom stereocenters. The Hall–Kier alpha value is -4.50. The van der Waals surface area contributed by atoms with Crippen LogP contribution in [0.5, 0.6) is 17.2 Å². The molecule has 0 radical (unpaired) electrons. The van der Waals surface area contributed by atoms with Gasteiger partial charge in [0.1, 0.15) is 29.9 Å². The quantitative estimate of drug-likeness (QED) is 0.216. The summed E-state index contributed by atoms with van der Waals surface area (Å²) in [6.45, 7) is 2.30. The molecule has 0 spiro atoms. The Morgan fingerprint density at radius 1 is 1.04 bits per heavy atom. The van der Waals surface area contributed by atoms with Crippen molar-refractivity contribution in [3.63, 3.8) is 0 Å². The van der Waals surface area contributed by atoms with Gasteiger partial charge in [0.05, 0.1) is 19.3 Å². The smallest absolute Gasteiger partial charge is 0.252 e. The Balaban J connectivity index is 1.36. The van der Waals surface area contributed by atoms with Gasteiger partial charge in [-0.25, -0.2) is 0 Å². The second-order valence-electron chi connectivity index (χ2n) is 12.7. The first-order chi connectivity index (χ1) is 22.3. The molecule has 4 aromatic rings. The average Bonchev–Trinajstić information content (AvgIpc) is 3.26. The van der Waals surface area contributed by atoms with Crippen molar-refractivity contribution in [1.29, 1.82) is 0 Å². The molecule has 1 fully saturated rings. The predicted molar refractivity (Wildman–Crippen MR) is 180 cm³/mol. The number of rotatable bonds is 10. The number of hydrogen-bond acceptors (Lipinski definition) is 6. The summed E-state index contributed by atoms with van der Waals surface area (Å²) < 4.78 is 14.1. The molecule has 3 aromatic carbocycles. The van der Waals surface area contributed by atoms with Crippen molar-refractivity contribution < 1.29 is 24.2 Å². The maximum absolute atomic E-state index is 13.9. The van der Waals surface area contributed by atoms with E-state index in [9.17, 15) is 14.7 Å². The van der Waals surface area contributed by atoms with Crippen LogP contribution in [0.3, 0.4) is 0 Å². The summed E-state index contributed by atoms with van der Waals surface area (Å²) in [5.41, 5.74) is 5.89. The minimum Gasteiger partial charge on any atom is -0.508 e. The molecule has 242 valence electrons. The van der Waals surface area contributed by atoms with E-state index in [1.165, 1.54) is 35.9 Å². The maximum Gasteiger partial charge on any atom is 0.252 e. The number of nitrogens with zero attached hydrogens (tertiary/aromatic N) is 2. The van der Waals surface area contributed by atoms with E-state index in [-0.39, 0.29) is 17.6 Å². The third-order valence-electron chi connectivity index (χ3n) is 9.25. The summed E-state index contributed by atoms with van der Waals surface area (Å²) in [5, 5.41) is 16.9. The molecule has 9 nitrogen and oxygen atoms in total. The minimum absolute atomic E-state index is 0.152. The number of likely N-dealkylation sites (N-methyl/N-ethyl adjacent to an activating group) is 1. The Labute approximate surface area is 270 Å². The highest BCUT2D eigenvalue weighted by atomic mass is 16.5. The fourth-order valence-electron chi connectivity index (χ4n) is 6.88. The average molecular weight is 625 g/mol. The van der Waals surface area contributed by atoms with Crippen LogP contribution in [0, 0.1) is 0 Å². The van der Waals surface area contributed by atoms with Gasteiger partial charge in [0.2, 0.25) is 5.91 Å². The molecular formula is C37H44N4O5. The summed E-state index contributed by atoms with van der Waals surface area (Å²) in [4.78, 5) is 29.2. The maximum atomic E-state index is 13.9. The molecule has 2 heterocycles. The molecule has 0 saturated heterocycles. The van der Waals surface area contributed by atoms with E-state index in [0.717, 1.165) is 41.0 Å². The monoisotopic (exact) mass is 624 g/mol. The Kier molecular flexibility index (Phi) is 9.49. The van der Waals surface area contributed by atoms with Crippen molar-refractivity contribution in [2.75, 3.05) is 40.9 Å². The van der Waals surface area contributed by atoms with Crippen LogP contribution < -0.4 is 20.1 Å². The van der Waals surface area contributed by atoms with Crippen molar-refractivity contribution in [3.05, 3.63) is 77.4 Å². The number of aromatic hydroxyl groups is 1. The van der Waals surface area contributed by atoms with Crippen LogP contribution in [0.15, 0.2) is 60.7 Å². The Morgan fingerprint density at radius 3 is 2.57 bits per heavy atom. The highest BCUT2D eigenvalue weighted by Crippen LogP contribution is 2.47. The molecule has 46 heavy (non-hydrogen) atoms. The van der Waals surface area contributed by atoms with E-state index in [1.807, 2.05) is 43.3 Å². The van der Waals surface area contributed by atoms with Gasteiger partial charge in [-0.3, -0.25) is 9.59 Å². The number of carbonyl (C=O) groups excluding carboxylic acids is 2. The van der Waals surface area contributed by atoms with Crippen LogP contribution in [0.2, 0.25) is 0 Å². The number of ether oxygens (including phenoxy) is 2. The standard InChI is InChI=1S/C37H44N4O5/c1-40(2)18-17-38-37(44)31(21-24-9-12-27(42)13-10-24)39-36(43)26-11-15-29-32(22-26)41-19-20-46-33-23-28(45-3)14-16-30(33)35(41)34(29)25-7-5-4-6-8-25/h9-16,22-23,25,31,42H,4-8,17-21H2,1-3H3,(H,38,44)(H,39,43)/t31-/m0/s1. The summed E-state index contributed by atoms with van der Waals surface area (Å²) in [7, 11) is 5.56. The minimum atomic E-state index is -0.785. The first kappa shape index (κ1) is 31.5. The highest BCUT2D eigenvalue weighted by Gasteiger charge is 2.30. The zero-order valence-electron chi connectivity index (χ0n) is 27.0. The first-order valence-electron chi connectivity index (χ1n) is 16.3. The van der Waals surface area contributed by atoms with E-state index in [4.69, 9.17) is 9.47 Å². The number of aromatic nitrogens is 1. The van der Waals surface area contributed by atoms with Gasteiger partial charge in [0.25, 0.3) is 5.91 Å². The number of phenols is 1. The van der Waals surface area contributed by atoms with Gasteiger partial charge >= 0.3 is 0 Å². The van der Waals surface area contributed by atoms with Gasteiger partial charge in [-0.2, -0.15) is 0 Å². The van der Waals surface area contributed by atoms with E-state index in [0.29, 0.717) is 44.1 Å². The lowest BCUT2D eigenvalue weighted by atomic mass is 9.81. The molecule has 1 aliphatic carbocycles.